The van der Waals surface area contributed by atoms with E-state index in [-0.39, 0.29) is 10.8 Å². The smallest absolute Gasteiger partial charge is 0.276 e. The maximum Gasteiger partial charge on any atom is 0.276 e. The van der Waals surface area contributed by atoms with Crippen LogP contribution in [0.1, 0.15) is 26.7 Å². The molecular weight excluding hydrogens is 242 g/mol. The van der Waals surface area contributed by atoms with Gasteiger partial charge in [-0.15, -0.1) is 0 Å². The third-order valence-corrected chi connectivity index (χ3v) is 2.91. The van der Waals surface area contributed by atoms with Gasteiger partial charge in [0, 0.05) is 6.54 Å². The number of nitro groups is 1. The van der Waals surface area contributed by atoms with Crippen molar-refractivity contribution in [1.82, 2.24) is 4.98 Å². The summed E-state index contributed by atoms with van der Waals surface area (Å²) in [4.78, 5) is 14.2. The summed E-state index contributed by atoms with van der Waals surface area (Å²) in [7, 11) is 0. The van der Waals surface area contributed by atoms with Gasteiger partial charge in [-0.3, -0.25) is 10.1 Å². The Hall–Kier alpha value is -1.36. The number of nitrogens with one attached hydrogen (secondary N) is 1. The van der Waals surface area contributed by atoms with Crippen LogP contribution in [0.2, 0.25) is 5.15 Å². The highest BCUT2D eigenvalue weighted by molar-refractivity contribution is 6.29. The second kappa shape index (κ2) is 6.39. The molecule has 0 aromatic carbocycles. The van der Waals surface area contributed by atoms with Gasteiger partial charge >= 0.3 is 0 Å². The molecule has 6 heteroatoms. The van der Waals surface area contributed by atoms with Crippen molar-refractivity contribution in [2.75, 3.05) is 11.9 Å². The first-order chi connectivity index (χ1) is 8.06. The average molecular weight is 258 g/mol. The molecule has 17 heavy (non-hydrogen) atoms. The number of aromatic nitrogens is 1. The van der Waals surface area contributed by atoms with E-state index in [1.165, 1.54) is 12.1 Å². The van der Waals surface area contributed by atoms with Gasteiger partial charge in [0.2, 0.25) is 0 Å². The number of halogens is 1. The van der Waals surface area contributed by atoms with Crippen molar-refractivity contribution in [2.24, 2.45) is 5.92 Å². The minimum absolute atomic E-state index is 0.0444. The Morgan fingerprint density at radius 3 is 2.65 bits per heavy atom. The molecule has 1 rings (SSSR count). The quantitative estimate of drug-likeness (QED) is 0.481. The van der Waals surface area contributed by atoms with Crippen LogP contribution in [0.15, 0.2) is 12.1 Å². The van der Waals surface area contributed by atoms with Crippen LogP contribution in [-0.2, 0) is 0 Å². The molecule has 0 aliphatic heterocycles. The van der Waals surface area contributed by atoms with Crippen molar-refractivity contribution in [3.8, 4) is 0 Å². The van der Waals surface area contributed by atoms with Gasteiger partial charge in [-0.25, -0.2) is 4.98 Å². The Kier molecular flexibility index (Phi) is 5.15. The van der Waals surface area contributed by atoms with Gasteiger partial charge in [0.15, 0.2) is 0 Å². The maximum absolute atomic E-state index is 10.6. The van der Waals surface area contributed by atoms with E-state index in [0.29, 0.717) is 11.7 Å². The highest BCUT2D eigenvalue weighted by atomic mass is 35.5. The normalized spacial score (nSPS) is 10.6. The summed E-state index contributed by atoms with van der Waals surface area (Å²) in [6.45, 7) is 4.98. The summed E-state index contributed by atoms with van der Waals surface area (Å²) in [5, 5.41) is 13.9. The van der Waals surface area contributed by atoms with E-state index in [4.69, 9.17) is 11.6 Å². The van der Waals surface area contributed by atoms with Gasteiger partial charge in [0.1, 0.15) is 11.0 Å². The molecule has 1 aromatic heterocycles. The SMILES string of the molecule is CCC(CC)CNc1cc([N+](=O)[O-])cc(Cl)n1. The molecule has 1 N–H and O–H groups in total. The van der Waals surface area contributed by atoms with Crippen LogP contribution in [-0.4, -0.2) is 16.5 Å². The van der Waals surface area contributed by atoms with Crippen LogP contribution in [0.5, 0.6) is 0 Å². The molecule has 0 amide bonds. The van der Waals surface area contributed by atoms with Crippen LogP contribution >= 0.6 is 11.6 Å². The molecule has 1 heterocycles. The number of anilines is 1. The van der Waals surface area contributed by atoms with Gasteiger partial charge in [-0.2, -0.15) is 0 Å². The van der Waals surface area contributed by atoms with Crippen molar-refractivity contribution < 1.29 is 4.92 Å². The molecule has 0 bridgehead atoms. The number of hydrogen-bond acceptors (Lipinski definition) is 4. The van der Waals surface area contributed by atoms with E-state index in [1.54, 1.807) is 0 Å². The lowest BCUT2D eigenvalue weighted by atomic mass is 10.0. The standard InChI is InChI=1S/C11H16ClN3O2/c1-3-8(4-2)7-13-11-6-9(15(16)17)5-10(12)14-11/h5-6,8H,3-4,7H2,1-2H3,(H,13,14). The van der Waals surface area contributed by atoms with E-state index >= 15 is 0 Å². The number of pyridine rings is 1. The van der Waals surface area contributed by atoms with E-state index in [0.717, 1.165) is 19.4 Å². The van der Waals surface area contributed by atoms with Gasteiger partial charge in [-0.1, -0.05) is 38.3 Å². The second-order valence-electron chi connectivity index (χ2n) is 3.85. The van der Waals surface area contributed by atoms with Crippen LogP contribution < -0.4 is 5.32 Å². The topological polar surface area (TPSA) is 68.1 Å². The molecule has 0 aliphatic carbocycles. The Balaban J connectivity index is 2.74. The molecular formula is C11H16ClN3O2. The summed E-state index contributed by atoms with van der Waals surface area (Å²) >= 11 is 5.72. The molecule has 0 fully saturated rings. The zero-order valence-electron chi connectivity index (χ0n) is 9.94. The first-order valence-electron chi connectivity index (χ1n) is 5.62. The van der Waals surface area contributed by atoms with Crippen LogP contribution in [0, 0.1) is 16.0 Å². The molecule has 0 saturated carbocycles. The molecule has 0 spiro atoms. The van der Waals surface area contributed by atoms with E-state index in [1.807, 2.05) is 0 Å². The fourth-order valence-corrected chi connectivity index (χ4v) is 1.71. The first-order valence-corrected chi connectivity index (χ1v) is 6.00. The summed E-state index contributed by atoms with van der Waals surface area (Å²) < 4.78 is 0. The molecule has 0 atom stereocenters. The largest absolute Gasteiger partial charge is 0.370 e. The highest BCUT2D eigenvalue weighted by Crippen LogP contribution is 2.21. The zero-order chi connectivity index (χ0) is 12.8. The van der Waals surface area contributed by atoms with Gasteiger partial charge in [0.25, 0.3) is 5.69 Å². The van der Waals surface area contributed by atoms with Crippen molar-refractivity contribution in [3.05, 3.63) is 27.4 Å². The lowest BCUT2D eigenvalue weighted by molar-refractivity contribution is -0.384. The van der Waals surface area contributed by atoms with E-state index in [2.05, 4.69) is 24.1 Å². The van der Waals surface area contributed by atoms with Crippen molar-refractivity contribution in [1.29, 1.82) is 0 Å². The van der Waals surface area contributed by atoms with Crippen molar-refractivity contribution in [2.45, 2.75) is 26.7 Å². The third-order valence-electron chi connectivity index (χ3n) is 2.72. The Morgan fingerprint density at radius 2 is 2.12 bits per heavy atom. The summed E-state index contributed by atoms with van der Waals surface area (Å²) in [6.07, 6.45) is 2.12. The monoisotopic (exact) mass is 257 g/mol. The summed E-state index contributed by atoms with van der Waals surface area (Å²) in [5.41, 5.74) is -0.0444. The van der Waals surface area contributed by atoms with Crippen LogP contribution in [0.4, 0.5) is 11.5 Å². The fraction of sp³-hybridized carbons (Fsp3) is 0.545. The fourth-order valence-electron chi connectivity index (χ4n) is 1.51. The van der Waals surface area contributed by atoms with Gasteiger partial charge in [0.05, 0.1) is 17.1 Å². The van der Waals surface area contributed by atoms with E-state index < -0.39 is 4.92 Å². The zero-order valence-corrected chi connectivity index (χ0v) is 10.7. The Labute approximate surface area is 105 Å². The van der Waals surface area contributed by atoms with Crippen molar-refractivity contribution in [3.63, 3.8) is 0 Å². The molecule has 1 aromatic rings. The van der Waals surface area contributed by atoms with Crippen LogP contribution in [0.3, 0.4) is 0 Å². The maximum atomic E-state index is 10.6. The Morgan fingerprint density at radius 1 is 1.47 bits per heavy atom. The molecule has 5 nitrogen and oxygen atoms in total. The number of rotatable bonds is 6. The highest BCUT2D eigenvalue weighted by Gasteiger charge is 2.11. The van der Waals surface area contributed by atoms with Gasteiger partial charge in [-0.05, 0) is 5.92 Å². The third kappa shape index (κ3) is 4.19. The molecule has 0 aliphatic rings. The molecule has 0 radical (unpaired) electrons. The number of hydrogen-bond donors (Lipinski definition) is 1. The predicted molar refractivity (Wildman–Crippen MR) is 68.5 cm³/mol. The minimum Gasteiger partial charge on any atom is -0.370 e. The van der Waals surface area contributed by atoms with Gasteiger partial charge < -0.3 is 5.32 Å². The molecule has 94 valence electrons. The Bertz CT molecular complexity index is 394. The summed E-state index contributed by atoms with van der Waals surface area (Å²) in [5.74, 6) is 0.992. The molecule has 0 unspecified atom stereocenters. The minimum atomic E-state index is -0.476. The van der Waals surface area contributed by atoms with E-state index in [9.17, 15) is 10.1 Å². The van der Waals surface area contributed by atoms with Crippen LogP contribution in [0.25, 0.3) is 0 Å². The first kappa shape index (κ1) is 13.7. The number of nitrogens with zero attached hydrogens (tertiary/aromatic N) is 2. The second-order valence-corrected chi connectivity index (χ2v) is 4.24. The lowest BCUT2D eigenvalue weighted by Gasteiger charge is -2.13. The predicted octanol–water partition coefficient (Wildman–Crippen LogP) is 3.49. The summed E-state index contributed by atoms with van der Waals surface area (Å²) in [6, 6.07) is 2.64. The lowest BCUT2D eigenvalue weighted by Crippen LogP contribution is -2.13. The van der Waals surface area contributed by atoms with Crippen molar-refractivity contribution >= 4 is 23.1 Å². The molecule has 0 saturated heterocycles. The average Bonchev–Trinajstić information content (AvgIpc) is 2.29.